The Morgan fingerprint density at radius 3 is 2.69 bits per heavy atom. The van der Waals surface area contributed by atoms with Gasteiger partial charge < -0.3 is 10.7 Å². The third kappa shape index (κ3) is 1.60. The Morgan fingerprint density at radius 2 is 2.08 bits per heavy atom. The topological polar surface area (TPSA) is 41.8 Å². The highest BCUT2D eigenvalue weighted by atomic mass is 79.9. The molecule has 0 bridgehead atoms. The zero-order chi connectivity index (χ0) is 9.26. The van der Waals surface area contributed by atoms with Crippen molar-refractivity contribution in [2.75, 3.05) is 5.73 Å². The lowest BCUT2D eigenvalue weighted by Crippen LogP contribution is -1.84. The van der Waals surface area contributed by atoms with Crippen molar-refractivity contribution < 1.29 is 0 Å². The molecular weight excluding hydrogens is 228 g/mol. The fraction of sp³-hybridized carbons (Fsp3) is 0. The Hall–Kier alpha value is -1.22. The first-order chi connectivity index (χ1) is 6.27. The summed E-state index contributed by atoms with van der Waals surface area (Å²) in [5.41, 5.74) is 8.71. The van der Waals surface area contributed by atoms with Gasteiger partial charge in [0.25, 0.3) is 0 Å². The van der Waals surface area contributed by atoms with Crippen molar-refractivity contribution in [2.45, 2.75) is 0 Å². The van der Waals surface area contributed by atoms with Gasteiger partial charge in [0.05, 0.1) is 5.69 Å². The zero-order valence-corrected chi connectivity index (χ0v) is 8.51. The lowest BCUT2D eigenvalue weighted by molar-refractivity contribution is 1.41. The summed E-state index contributed by atoms with van der Waals surface area (Å²) in [5, 5.41) is 0. The van der Waals surface area contributed by atoms with Crippen LogP contribution in [0.4, 0.5) is 5.69 Å². The number of rotatable bonds is 1. The van der Waals surface area contributed by atoms with Crippen LogP contribution in [0.5, 0.6) is 0 Å². The number of nitrogens with one attached hydrogen (secondary N) is 1. The van der Waals surface area contributed by atoms with E-state index >= 15 is 0 Å². The first kappa shape index (κ1) is 8.38. The predicted molar refractivity (Wildman–Crippen MR) is 58.3 cm³/mol. The summed E-state index contributed by atoms with van der Waals surface area (Å²) < 4.78 is 1.06. The van der Waals surface area contributed by atoms with Crippen LogP contribution in [0.25, 0.3) is 11.1 Å². The van der Waals surface area contributed by atoms with E-state index in [-0.39, 0.29) is 0 Å². The summed E-state index contributed by atoms with van der Waals surface area (Å²) >= 11 is 3.42. The lowest BCUT2D eigenvalue weighted by atomic mass is 10.1. The number of anilines is 1. The fourth-order valence-corrected chi connectivity index (χ4v) is 1.68. The van der Waals surface area contributed by atoms with Crippen molar-refractivity contribution >= 4 is 21.6 Å². The molecule has 0 amide bonds. The highest BCUT2D eigenvalue weighted by molar-refractivity contribution is 9.10. The maximum atomic E-state index is 5.78. The molecule has 13 heavy (non-hydrogen) atoms. The number of hydrogen-bond donors (Lipinski definition) is 2. The molecule has 0 saturated carbocycles. The number of aromatic nitrogens is 1. The molecule has 2 rings (SSSR count). The van der Waals surface area contributed by atoms with Crippen LogP contribution in [0, 0.1) is 0 Å². The standard InChI is InChI=1S/C10H9BrN2/c11-8-3-1-2-7(4-8)9-5-13-6-10(9)12/h1-6,13H,12H2. The number of hydrogen-bond acceptors (Lipinski definition) is 1. The van der Waals surface area contributed by atoms with Crippen molar-refractivity contribution in [2.24, 2.45) is 0 Å². The molecule has 1 heterocycles. The summed E-state index contributed by atoms with van der Waals surface area (Å²) in [6.07, 6.45) is 3.69. The monoisotopic (exact) mass is 236 g/mol. The first-order valence-electron chi connectivity index (χ1n) is 3.95. The number of benzene rings is 1. The van der Waals surface area contributed by atoms with Gasteiger partial charge >= 0.3 is 0 Å². The van der Waals surface area contributed by atoms with Crippen molar-refractivity contribution in [1.29, 1.82) is 0 Å². The molecule has 0 fully saturated rings. The smallest absolute Gasteiger partial charge is 0.0571 e. The van der Waals surface area contributed by atoms with E-state index in [1.165, 1.54) is 0 Å². The lowest BCUT2D eigenvalue weighted by Gasteiger charge is -1.99. The molecule has 1 aromatic heterocycles. The molecule has 2 nitrogen and oxygen atoms in total. The molecule has 3 N–H and O–H groups in total. The molecule has 0 saturated heterocycles. The summed E-state index contributed by atoms with van der Waals surface area (Å²) in [6.45, 7) is 0. The van der Waals surface area contributed by atoms with E-state index in [1.54, 1.807) is 6.20 Å². The minimum atomic E-state index is 0.776. The molecule has 0 aliphatic rings. The average Bonchev–Trinajstić information content (AvgIpc) is 2.51. The highest BCUT2D eigenvalue weighted by Crippen LogP contribution is 2.27. The zero-order valence-electron chi connectivity index (χ0n) is 6.92. The van der Waals surface area contributed by atoms with Crippen molar-refractivity contribution in [3.8, 4) is 11.1 Å². The van der Waals surface area contributed by atoms with Crippen LogP contribution in [0.2, 0.25) is 0 Å². The fourth-order valence-electron chi connectivity index (χ4n) is 1.28. The van der Waals surface area contributed by atoms with Gasteiger partial charge in [-0.2, -0.15) is 0 Å². The van der Waals surface area contributed by atoms with Crippen LogP contribution in [0.3, 0.4) is 0 Å². The van der Waals surface area contributed by atoms with Crippen LogP contribution < -0.4 is 5.73 Å². The maximum Gasteiger partial charge on any atom is 0.0571 e. The van der Waals surface area contributed by atoms with Gasteiger partial charge in [0.15, 0.2) is 0 Å². The van der Waals surface area contributed by atoms with Gasteiger partial charge in [-0.05, 0) is 17.7 Å². The Bertz CT molecular complexity index is 420. The number of nitrogens with two attached hydrogens (primary N) is 1. The van der Waals surface area contributed by atoms with Gasteiger partial charge in [-0.15, -0.1) is 0 Å². The third-order valence-electron chi connectivity index (χ3n) is 1.91. The Labute approximate surface area is 84.9 Å². The first-order valence-corrected chi connectivity index (χ1v) is 4.75. The molecule has 0 atom stereocenters. The van der Waals surface area contributed by atoms with Gasteiger partial charge in [-0.1, -0.05) is 28.1 Å². The number of H-pyrrole nitrogens is 1. The van der Waals surface area contributed by atoms with E-state index in [2.05, 4.69) is 20.9 Å². The summed E-state index contributed by atoms with van der Waals surface area (Å²) in [5.74, 6) is 0. The largest absolute Gasteiger partial charge is 0.397 e. The van der Waals surface area contributed by atoms with Gasteiger partial charge in [-0.25, -0.2) is 0 Å². The molecule has 0 aliphatic heterocycles. The predicted octanol–water partition coefficient (Wildman–Crippen LogP) is 3.03. The molecule has 0 aliphatic carbocycles. The number of aromatic amines is 1. The summed E-state index contributed by atoms with van der Waals surface area (Å²) in [4.78, 5) is 2.98. The minimum Gasteiger partial charge on any atom is -0.397 e. The van der Waals surface area contributed by atoms with E-state index in [0.717, 1.165) is 21.3 Å². The molecular formula is C10H9BrN2. The Kier molecular flexibility index (Phi) is 2.10. The molecule has 66 valence electrons. The summed E-state index contributed by atoms with van der Waals surface area (Å²) in [6, 6.07) is 8.06. The van der Waals surface area contributed by atoms with Crippen LogP contribution in [0.15, 0.2) is 41.1 Å². The molecule has 3 heteroatoms. The highest BCUT2D eigenvalue weighted by Gasteiger charge is 2.02. The van der Waals surface area contributed by atoms with E-state index in [4.69, 9.17) is 5.73 Å². The Balaban J connectivity index is 2.53. The van der Waals surface area contributed by atoms with E-state index in [9.17, 15) is 0 Å². The Morgan fingerprint density at radius 1 is 1.23 bits per heavy atom. The molecule has 1 aromatic carbocycles. The minimum absolute atomic E-state index is 0.776. The second-order valence-electron chi connectivity index (χ2n) is 2.83. The quantitative estimate of drug-likeness (QED) is 0.786. The van der Waals surface area contributed by atoms with Crippen LogP contribution in [0.1, 0.15) is 0 Å². The third-order valence-corrected chi connectivity index (χ3v) is 2.41. The SMILES string of the molecule is Nc1c[nH]cc1-c1cccc(Br)c1. The molecule has 2 aromatic rings. The van der Waals surface area contributed by atoms with Crippen LogP contribution in [-0.4, -0.2) is 4.98 Å². The van der Waals surface area contributed by atoms with Gasteiger partial charge in [0.2, 0.25) is 0 Å². The van der Waals surface area contributed by atoms with Crippen molar-refractivity contribution in [3.05, 3.63) is 41.1 Å². The van der Waals surface area contributed by atoms with Crippen molar-refractivity contribution in [1.82, 2.24) is 4.98 Å². The van der Waals surface area contributed by atoms with E-state index in [1.807, 2.05) is 30.5 Å². The van der Waals surface area contributed by atoms with Crippen LogP contribution >= 0.6 is 15.9 Å². The second-order valence-corrected chi connectivity index (χ2v) is 3.75. The van der Waals surface area contributed by atoms with Gasteiger partial charge in [0, 0.05) is 22.4 Å². The van der Waals surface area contributed by atoms with E-state index in [0.29, 0.717) is 0 Å². The normalized spacial score (nSPS) is 10.2. The maximum absolute atomic E-state index is 5.78. The second kappa shape index (κ2) is 3.26. The van der Waals surface area contributed by atoms with Crippen LogP contribution in [-0.2, 0) is 0 Å². The average molecular weight is 237 g/mol. The number of halogens is 1. The molecule has 0 radical (unpaired) electrons. The van der Waals surface area contributed by atoms with Gasteiger partial charge in [0.1, 0.15) is 0 Å². The number of nitrogen functional groups attached to an aromatic ring is 1. The molecule has 0 unspecified atom stereocenters. The molecule has 0 spiro atoms. The van der Waals surface area contributed by atoms with E-state index < -0.39 is 0 Å². The van der Waals surface area contributed by atoms with Crippen molar-refractivity contribution in [3.63, 3.8) is 0 Å². The van der Waals surface area contributed by atoms with Gasteiger partial charge in [-0.3, -0.25) is 0 Å². The summed E-state index contributed by atoms with van der Waals surface area (Å²) in [7, 11) is 0.